The van der Waals surface area contributed by atoms with Gasteiger partial charge in [0.15, 0.2) is 17.7 Å². The number of para-hydroxylation sites is 1. The van der Waals surface area contributed by atoms with Gasteiger partial charge >= 0.3 is 5.96 Å². The number of aliphatic hydroxyl groups is 1. The predicted octanol–water partition coefficient (Wildman–Crippen LogP) is -3.19. The molecule has 14 heteroatoms. The van der Waals surface area contributed by atoms with Gasteiger partial charge in [-0.05, 0) is 37.0 Å². The molecule has 1 aromatic carbocycles. The van der Waals surface area contributed by atoms with Crippen molar-refractivity contribution in [2.24, 2.45) is 16.5 Å². The zero-order valence-electron chi connectivity index (χ0n) is 23.1. The zero-order chi connectivity index (χ0) is 29.1. The molecule has 0 saturated carbocycles. The van der Waals surface area contributed by atoms with Crippen LogP contribution in [0.1, 0.15) is 52.4 Å². The van der Waals surface area contributed by atoms with Gasteiger partial charge in [-0.15, -0.1) is 5.10 Å². The molecule has 216 valence electrons. The number of benzene rings is 1. The van der Waals surface area contributed by atoms with Crippen molar-refractivity contribution in [2.45, 2.75) is 62.5 Å². The fourth-order valence-electron chi connectivity index (χ4n) is 6.29. The lowest BCUT2D eigenvalue weighted by Gasteiger charge is -2.43. The third-order valence-corrected chi connectivity index (χ3v) is 8.52. The number of fused-ring (bicyclic) bond motifs is 1. The van der Waals surface area contributed by atoms with Crippen molar-refractivity contribution in [3.05, 3.63) is 52.8 Å². The summed E-state index contributed by atoms with van der Waals surface area (Å²) in [4.78, 5) is 35.7. The van der Waals surface area contributed by atoms with Crippen LogP contribution >= 0.6 is 0 Å². The van der Waals surface area contributed by atoms with E-state index in [1.807, 2.05) is 12.1 Å². The van der Waals surface area contributed by atoms with E-state index >= 15 is 0 Å². The van der Waals surface area contributed by atoms with E-state index in [0.29, 0.717) is 23.6 Å². The molecule has 1 aromatic heterocycles. The van der Waals surface area contributed by atoms with Gasteiger partial charge < -0.3 is 31.1 Å². The van der Waals surface area contributed by atoms with Gasteiger partial charge in [-0.25, -0.2) is 10.3 Å². The molecule has 2 amide bonds. The highest BCUT2D eigenvalue weighted by atomic mass is 16.5. The van der Waals surface area contributed by atoms with Crippen molar-refractivity contribution in [3.63, 3.8) is 0 Å². The first-order valence-electron chi connectivity index (χ1n) is 13.6. The van der Waals surface area contributed by atoms with Crippen molar-refractivity contribution in [3.8, 4) is 5.75 Å². The SMILES string of the molecule is Cc1ccc(C(=O)NC[C@@H]2N=C(N)N3C[C@@H](NC(=O)c4cccc5c4OCCC5(C)C)[C@@H](O)C34NC(N)=[NH+][C@@H]24)nn1. The molecule has 1 fully saturated rings. The fraction of sp³-hybridized carbons (Fsp3) is 0.481. The summed E-state index contributed by atoms with van der Waals surface area (Å²) in [5, 5.41) is 28.5. The second-order valence-electron chi connectivity index (χ2n) is 11.6. The molecule has 0 bridgehead atoms. The molecule has 1 saturated heterocycles. The molecular weight excluding hydrogens is 528 g/mol. The molecule has 1 unspecified atom stereocenters. The maximum atomic E-state index is 13.6. The normalized spacial score (nSPS) is 29.1. The number of aliphatic imine (C=N–C) groups is 1. The smallest absolute Gasteiger partial charge is 0.343 e. The molecule has 41 heavy (non-hydrogen) atoms. The topological polar surface area (TPSA) is 207 Å². The van der Waals surface area contributed by atoms with Gasteiger partial charge in [-0.3, -0.25) is 20.3 Å². The van der Waals surface area contributed by atoms with Crippen LogP contribution in [0.15, 0.2) is 35.3 Å². The second-order valence-corrected chi connectivity index (χ2v) is 11.6. The lowest BCUT2D eigenvalue weighted by molar-refractivity contribution is -0.513. The number of hydrogen-bond donors (Lipinski definition) is 7. The summed E-state index contributed by atoms with van der Waals surface area (Å²) in [6, 6.07) is 6.94. The number of carbonyl (C=O) groups is 2. The maximum absolute atomic E-state index is 13.6. The fourth-order valence-corrected chi connectivity index (χ4v) is 6.29. The van der Waals surface area contributed by atoms with Crippen LogP contribution in [0.25, 0.3) is 0 Å². The minimum Gasteiger partial charge on any atom is -0.492 e. The number of nitrogens with zero attached hydrogens (tertiary/aromatic N) is 4. The van der Waals surface area contributed by atoms with Crippen LogP contribution in [0.2, 0.25) is 0 Å². The number of nitrogens with two attached hydrogens (primary N) is 2. The van der Waals surface area contributed by atoms with Gasteiger partial charge in [0, 0.05) is 18.7 Å². The summed E-state index contributed by atoms with van der Waals surface area (Å²) in [5.74, 6) is 0.162. The Labute approximate surface area is 236 Å². The first-order valence-corrected chi connectivity index (χ1v) is 13.6. The minimum atomic E-state index is -1.21. The summed E-state index contributed by atoms with van der Waals surface area (Å²) in [6.45, 7) is 6.82. The number of aryl methyl sites for hydroxylation is 1. The molecule has 4 aliphatic rings. The van der Waals surface area contributed by atoms with Crippen LogP contribution < -0.4 is 37.1 Å². The predicted molar refractivity (Wildman–Crippen MR) is 148 cm³/mol. The van der Waals surface area contributed by atoms with Crippen LogP contribution in [0.4, 0.5) is 0 Å². The molecule has 4 aliphatic heterocycles. The molecule has 5 atom stereocenters. The van der Waals surface area contributed by atoms with E-state index in [0.717, 1.165) is 12.0 Å². The van der Waals surface area contributed by atoms with E-state index in [-0.39, 0.29) is 42.0 Å². The number of rotatable bonds is 5. The average Bonchev–Trinajstić information content (AvgIpc) is 3.43. The molecule has 2 aromatic rings. The van der Waals surface area contributed by atoms with Crippen LogP contribution in [-0.2, 0) is 5.41 Å². The van der Waals surface area contributed by atoms with Gasteiger partial charge in [0.2, 0.25) is 5.66 Å². The molecule has 0 aliphatic carbocycles. The van der Waals surface area contributed by atoms with Crippen LogP contribution in [0.5, 0.6) is 5.75 Å². The minimum absolute atomic E-state index is 0.0876. The third-order valence-electron chi connectivity index (χ3n) is 8.52. The van der Waals surface area contributed by atoms with E-state index in [2.05, 4.69) is 50.0 Å². The van der Waals surface area contributed by atoms with Crippen molar-refractivity contribution in [2.75, 3.05) is 19.7 Å². The summed E-state index contributed by atoms with van der Waals surface area (Å²) < 4.78 is 5.94. The van der Waals surface area contributed by atoms with E-state index in [4.69, 9.17) is 16.2 Å². The number of nitrogens with one attached hydrogen (secondary N) is 4. The van der Waals surface area contributed by atoms with Crippen molar-refractivity contribution in [1.82, 2.24) is 31.0 Å². The van der Waals surface area contributed by atoms with E-state index in [1.54, 1.807) is 30.0 Å². The molecule has 14 nitrogen and oxygen atoms in total. The number of carbonyl (C=O) groups excluding carboxylic acids is 2. The lowest BCUT2D eigenvalue weighted by Crippen LogP contribution is -2.88. The largest absolute Gasteiger partial charge is 0.492 e. The quantitative estimate of drug-likeness (QED) is 0.194. The Hall–Kier alpha value is -4.46. The molecule has 1 spiro atoms. The summed E-state index contributed by atoms with van der Waals surface area (Å²) in [7, 11) is 0. The summed E-state index contributed by atoms with van der Waals surface area (Å²) in [6.07, 6.45) is -0.294. The van der Waals surface area contributed by atoms with Gasteiger partial charge in [0.05, 0.1) is 23.9 Å². The molecule has 5 heterocycles. The molecule has 6 rings (SSSR count). The third kappa shape index (κ3) is 4.29. The highest BCUT2D eigenvalue weighted by Gasteiger charge is 2.68. The molecular formula is C27H35N10O4+. The summed E-state index contributed by atoms with van der Waals surface area (Å²) >= 11 is 0. The summed E-state index contributed by atoms with van der Waals surface area (Å²) in [5.41, 5.74) is 13.5. The van der Waals surface area contributed by atoms with Gasteiger partial charge in [0.25, 0.3) is 11.8 Å². The second kappa shape index (κ2) is 9.58. The number of aliphatic hydroxyl groups excluding tert-OH is 1. The number of amides is 2. The monoisotopic (exact) mass is 563 g/mol. The van der Waals surface area contributed by atoms with Crippen LogP contribution in [0.3, 0.4) is 0 Å². The number of guanidine groups is 2. The van der Waals surface area contributed by atoms with E-state index in [9.17, 15) is 14.7 Å². The average molecular weight is 564 g/mol. The van der Waals surface area contributed by atoms with Gasteiger partial charge in [-0.1, -0.05) is 26.0 Å². The number of aromatic nitrogens is 2. The first kappa shape index (κ1) is 26.7. The van der Waals surface area contributed by atoms with E-state index < -0.39 is 35.8 Å². The van der Waals surface area contributed by atoms with E-state index in [1.165, 1.54) is 0 Å². The Bertz CT molecular complexity index is 1460. The standard InChI is InChI=1S/C27H34N10O4/c1-13-7-8-16(36-35-13)23(40)30-11-17-20-27(34-24(28)33-20)21(38)18(12-37(27)25(29)32-17)31-22(39)14-5-4-6-15-19(14)41-10-9-26(15,2)3/h4-8,17-18,20-21,38H,9-12H2,1-3H3,(H2,29,32)(H,30,40)(H,31,39)(H3,28,33,34)/p+1/t17-,18+,20-,21+,27?/m0/s1. The maximum Gasteiger partial charge on any atom is 0.343 e. The van der Waals surface area contributed by atoms with Crippen molar-refractivity contribution in [1.29, 1.82) is 0 Å². The Morgan fingerprint density at radius 2 is 2.02 bits per heavy atom. The zero-order valence-corrected chi connectivity index (χ0v) is 23.1. The lowest BCUT2D eigenvalue weighted by atomic mass is 9.79. The Balaban J connectivity index is 1.22. The molecule has 0 radical (unpaired) electrons. The highest BCUT2D eigenvalue weighted by Crippen LogP contribution is 2.41. The highest BCUT2D eigenvalue weighted by molar-refractivity contribution is 5.98. The van der Waals surface area contributed by atoms with Gasteiger partial charge in [-0.2, -0.15) is 5.10 Å². The first-order chi connectivity index (χ1) is 19.5. The Kier molecular flexibility index (Phi) is 6.25. The van der Waals surface area contributed by atoms with Crippen molar-refractivity contribution < 1.29 is 24.4 Å². The Morgan fingerprint density at radius 3 is 2.78 bits per heavy atom. The van der Waals surface area contributed by atoms with Gasteiger partial charge in [0.1, 0.15) is 17.9 Å². The van der Waals surface area contributed by atoms with Crippen LogP contribution in [0, 0.1) is 6.92 Å². The number of ether oxygens (including phenoxy) is 1. The van der Waals surface area contributed by atoms with Crippen LogP contribution in [-0.4, -0.2) is 93.5 Å². The van der Waals surface area contributed by atoms with Crippen molar-refractivity contribution >= 4 is 23.7 Å². The molecule has 9 N–H and O–H groups in total. The number of hydrogen-bond acceptors (Lipinski definition) is 11. The Morgan fingerprint density at radius 1 is 1.22 bits per heavy atom.